The quantitative estimate of drug-likeness (QED) is 0.743. The van der Waals surface area contributed by atoms with Gasteiger partial charge in [-0.25, -0.2) is 0 Å². The SMILES string of the molecule is COc1ccccc1C(=O)Nc1[nH]nc2c1CN(Cc1ccccc1)C2. The maximum absolute atomic E-state index is 12.6. The number of aromatic nitrogens is 2. The second-order valence-electron chi connectivity index (χ2n) is 6.31. The Hall–Kier alpha value is -3.12. The van der Waals surface area contributed by atoms with Crippen molar-refractivity contribution in [1.29, 1.82) is 0 Å². The average molecular weight is 348 g/mol. The van der Waals surface area contributed by atoms with E-state index in [0.29, 0.717) is 17.1 Å². The number of anilines is 1. The number of ether oxygens (including phenoxy) is 1. The molecule has 2 N–H and O–H groups in total. The van der Waals surface area contributed by atoms with Crippen LogP contribution in [0.5, 0.6) is 5.75 Å². The molecule has 0 atom stereocenters. The highest BCUT2D eigenvalue weighted by molar-refractivity contribution is 6.06. The van der Waals surface area contributed by atoms with Crippen LogP contribution in [0.25, 0.3) is 0 Å². The van der Waals surface area contributed by atoms with Crippen LogP contribution in [0.1, 0.15) is 27.2 Å². The van der Waals surface area contributed by atoms with E-state index >= 15 is 0 Å². The van der Waals surface area contributed by atoms with Crippen LogP contribution in [-0.4, -0.2) is 28.1 Å². The van der Waals surface area contributed by atoms with Gasteiger partial charge in [0.1, 0.15) is 11.6 Å². The lowest BCUT2D eigenvalue weighted by Crippen LogP contribution is -2.18. The highest BCUT2D eigenvalue weighted by atomic mass is 16.5. The number of amides is 1. The number of fused-ring (bicyclic) bond motifs is 1. The van der Waals surface area contributed by atoms with Gasteiger partial charge < -0.3 is 10.1 Å². The lowest BCUT2D eigenvalue weighted by atomic mass is 10.2. The first-order valence-electron chi connectivity index (χ1n) is 8.51. The van der Waals surface area contributed by atoms with Gasteiger partial charge in [0, 0.05) is 25.2 Å². The molecule has 0 spiro atoms. The van der Waals surface area contributed by atoms with Gasteiger partial charge in [0.15, 0.2) is 0 Å². The summed E-state index contributed by atoms with van der Waals surface area (Å²) in [5.41, 5.74) is 3.79. The smallest absolute Gasteiger partial charge is 0.260 e. The molecule has 0 aliphatic carbocycles. The number of rotatable bonds is 5. The van der Waals surface area contributed by atoms with Crippen LogP contribution >= 0.6 is 0 Å². The summed E-state index contributed by atoms with van der Waals surface area (Å²) < 4.78 is 5.27. The number of carbonyl (C=O) groups excluding carboxylic acids is 1. The van der Waals surface area contributed by atoms with Crippen molar-refractivity contribution in [3.8, 4) is 5.75 Å². The van der Waals surface area contributed by atoms with E-state index in [1.54, 1.807) is 19.2 Å². The molecule has 6 heteroatoms. The third kappa shape index (κ3) is 3.19. The van der Waals surface area contributed by atoms with Crippen molar-refractivity contribution in [1.82, 2.24) is 15.1 Å². The molecule has 4 rings (SSSR count). The molecule has 26 heavy (non-hydrogen) atoms. The van der Waals surface area contributed by atoms with Crippen molar-refractivity contribution >= 4 is 11.7 Å². The third-order valence-corrected chi connectivity index (χ3v) is 4.55. The Morgan fingerprint density at radius 3 is 2.73 bits per heavy atom. The zero-order valence-electron chi connectivity index (χ0n) is 14.5. The van der Waals surface area contributed by atoms with E-state index in [1.165, 1.54) is 5.56 Å². The average Bonchev–Trinajstić information content (AvgIpc) is 3.23. The van der Waals surface area contributed by atoms with E-state index in [2.05, 4.69) is 32.5 Å². The largest absolute Gasteiger partial charge is 0.496 e. The lowest BCUT2D eigenvalue weighted by Gasteiger charge is -2.15. The normalized spacial score (nSPS) is 13.4. The van der Waals surface area contributed by atoms with Gasteiger partial charge in [-0.05, 0) is 17.7 Å². The molecule has 1 aliphatic rings. The number of aromatic amines is 1. The first-order chi connectivity index (χ1) is 12.7. The minimum absolute atomic E-state index is 0.213. The van der Waals surface area contributed by atoms with E-state index < -0.39 is 0 Å². The number of methoxy groups -OCH3 is 1. The molecular formula is C20H20N4O2. The molecule has 0 saturated carbocycles. The van der Waals surface area contributed by atoms with E-state index in [9.17, 15) is 4.79 Å². The molecule has 0 bridgehead atoms. The highest BCUT2D eigenvalue weighted by Crippen LogP contribution is 2.29. The number of para-hydroxylation sites is 1. The summed E-state index contributed by atoms with van der Waals surface area (Å²) in [4.78, 5) is 14.9. The number of nitrogens with one attached hydrogen (secondary N) is 2. The van der Waals surface area contributed by atoms with Gasteiger partial charge in [-0.3, -0.25) is 14.8 Å². The molecule has 1 aromatic heterocycles. The summed E-state index contributed by atoms with van der Waals surface area (Å²) in [6.45, 7) is 2.38. The summed E-state index contributed by atoms with van der Waals surface area (Å²) >= 11 is 0. The monoisotopic (exact) mass is 348 g/mol. The van der Waals surface area contributed by atoms with Crippen molar-refractivity contribution in [3.05, 3.63) is 77.0 Å². The van der Waals surface area contributed by atoms with Gasteiger partial charge >= 0.3 is 0 Å². The number of nitrogens with zero attached hydrogens (tertiary/aromatic N) is 2. The second kappa shape index (κ2) is 7.01. The molecule has 1 amide bonds. The van der Waals surface area contributed by atoms with Crippen LogP contribution in [0.15, 0.2) is 54.6 Å². The Morgan fingerprint density at radius 1 is 1.15 bits per heavy atom. The zero-order chi connectivity index (χ0) is 17.9. The van der Waals surface area contributed by atoms with Gasteiger partial charge in [-0.15, -0.1) is 0 Å². The van der Waals surface area contributed by atoms with Gasteiger partial charge in [0.2, 0.25) is 0 Å². The fraction of sp³-hybridized carbons (Fsp3) is 0.200. The van der Waals surface area contributed by atoms with Crippen LogP contribution in [0, 0.1) is 0 Å². The molecule has 6 nitrogen and oxygen atoms in total. The lowest BCUT2D eigenvalue weighted by molar-refractivity contribution is 0.102. The molecule has 2 aromatic carbocycles. The van der Waals surface area contributed by atoms with Crippen molar-refractivity contribution in [2.45, 2.75) is 19.6 Å². The van der Waals surface area contributed by atoms with Gasteiger partial charge in [-0.2, -0.15) is 5.10 Å². The molecule has 0 saturated heterocycles. The third-order valence-electron chi connectivity index (χ3n) is 4.55. The highest BCUT2D eigenvalue weighted by Gasteiger charge is 2.26. The number of benzene rings is 2. The maximum atomic E-state index is 12.6. The topological polar surface area (TPSA) is 70.2 Å². The van der Waals surface area contributed by atoms with Crippen molar-refractivity contribution < 1.29 is 9.53 Å². The second-order valence-corrected chi connectivity index (χ2v) is 6.31. The molecule has 1 aliphatic heterocycles. The molecule has 0 radical (unpaired) electrons. The van der Waals surface area contributed by atoms with Crippen LogP contribution in [-0.2, 0) is 19.6 Å². The Labute approximate surface area is 151 Å². The van der Waals surface area contributed by atoms with Crippen LogP contribution in [0.2, 0.25) is 0 Å². The number of hydrogen-bond donors (Lipinski definition) is 2. The van der Waals surface area contributed by atoms with Crippen LogP contribution in [0.3, 0.4) is 0 Å². The molecular weight excluding hydrogens is 328 g/mol. The number of hydrogen-bond acceptors (Lipinski definition) is 4. The fourth-order valence-electron chi connectivity index (χ4n) is 3.26. The number of carbonyl (C=O) groups is 1. The Balaban J connectivity index is 1.47. The summed E-state index contributed by atoms with van der Waals surface area (Å²) in [6.07, 6.45) is 0. The molecule has 0 fully saturated rings. The van der Waals surface area contributed by atoms with Gasteiger partial charge in [-0.1, -0.05) is 42.5 Å². The molecule has 0 unspecified atom stereocenters. The van der Waals surface area contributed by atoms with Crippen LogP contribution in [0.4, 0.5) is 5.82 Å². The summed E-state index contributed by atoms with van der Waals surface area (Å²) in [6, 6.07) is 17.5. The minimum atomic E-state index is -0.213. The van der Waals surface area contributed by atoms with E-state index in [0.717, 1.165) is 30.9 Å². The van der Waals surface area contributed by atoms with Gasteiger partial charge in [0.05, 0.1) is 18.4 Å². The maximum Gasteiger partial charge on any atom is 0.260 e. The van der Waals surface area contributed by atoms with E-state index in [4.69, 9.17) is 4.74 Å². The Kier molecular flexibility index (Phi) is 4.41. The molecule has 3 aromatic rings. The van der Waals surface area contributed by atoms with Crippen LogP contribution < -0.4 is 10.1 Å². The predicted molar refractivity (Wildman–Crippen MR) is 98.9 cm³/mol. The standard InChI is InChI=1S/C20H20N4O2/c1-26-18-10-6-5-9-15(18)20(25)21-19-16-12-24(13-17(16)22-23-19)11-14-7-3-2-4-8-14/h2-10H,11-13H2,1H3,(H2,21,22,23,25). The summed E-state index contributed by atoms with van der Waals surface area (Å²) in [7, 11) is 1.56. The Bertz CT molecular complexity index is 921. The fourth-order valence-corrected chi connectivity index (χ4v) is 3.26. The first kappa shape index (κ1) is 16.4. The van der Waals surface area contributed by atoms with E-state index in [-0.39, 0.29) is 5.91 Å². The molecule has 2 heterocycles. The number of H-pyrrole nitrogens is 1. The minimum Gasteiger partial charge on any atom is -0.496 e. The first-order valence-corrected chi connectivity index (χ1v) is 8.51. The van der Waals surface area contributed by atoms with Crippen molar-refractivity contribution in [3.63, 3.8) is 0 Å². The van der Waals surface area contributed by atoms with Crippen molar-refractivity contribution in [2.24, 2.45) is 0 Å². The summed E-state index contributed by atoms with van der Waals surface area (Å²) in [5, 5.41) is 10.2. The van der Waals surface area contributed by atoms with E-state index in [1.807, 2.05) is 30.3 Å². The zero-order valence-corrected chi connectivity index (χ0v) is 14.5. The van der Waals surface area contributed by atoms with Gasteiger partial charge in [0.25, 0.3) is 5.91 Å². The summed E-state index contributed by atoms with van der Waals surface area (Å²) in [5.74, 6) is 0.994. The molecule has 132 valence electrons. The predicted octanol–water partition coefficient (Wildman–Crippen LogP) is 3.19. The van der Waals surface area contributed by atoms with Crippen molar-refractivity contribution in [2.75, 3.05) is 12.4 Å². The Morgan fingerprint density at radius 2 is 1.92 bits per heavy atom.